The molecule has 0 radical (unpaired) electrons. The van der Waals surface area contributed by atoms with Gasteiger partial charge in [0, 0.05) is 6.54 Å². The molecule has 2 unspecified atom stereocenters. The summed E-state index contributed by atoms with van der Waals surface area (Å²) in [4.78, 5) is 10.5. The molecular weight excluding hydrogens is 241 g/mol. The third-order valence-corrected chi connectivity index (χ3v) is 2.53. The van der Waals surface area contributed by atoms with Crippen LogP contribution in [0.15, 0.2) is 18.2 Å². The van der Waals surface area contributed by atoms with E-state index in [4.69, 9.17) is 5.11 Å². The minimum absolute atomic E-state index is 0.0179. The van der Waals surface area contributed by atoms with Gasteiger partial charge in [-0.05, 0) is 30.3 Å². The Morgan fingerprint density at radius 3 is 2.67 bits per heavy atom. The van der Waals surface area contributed by atoms with E-state index in [1.165, 1.54) is 12.1 Å². The van der Waals surface area contributed by atoms with Crippen LogP contribution in [0.3, 0.4) is 0 Å². The fraction of sp³-hybridized carbons (Fsp3) is 0.417. The van der Waals surface area contributed by atoms with E-state index in [2.05, 4.69) is 5.32 Å². The largest absolute Gasteiger partial charge is 0.481 e. The first kappa shape index (κ1) is 14.6. The molecule has 0 aliphatic heterocycles. The molecule has 4 N–H and O–H groups in total. The van der Waals surface area contributed by atoms with Crippen LogP contribution in [0.4, 0.5) is 4.39 Å². The molecule has 0 aromatic heterocycles. The molecule has 0 aliphatic rings. The van der Waals surface area contributed by atoms with E-state index in [0.29, 0.717) is 0 Å². The van der Waals surface area contributed by atoms with Gasteiger partial charge in [-0.1, -0.05) is 6.07 Å². The van der Waals surface area contributed by atoms with Crippen LogP contribution in [0.2, 0.25) is 0 Å². The number of hydrogen-bond acceptors (Lipinski definition) is 4. The summed E-state index contributed by atoms with van der Waals surface area (Å²) in [6.45, 7) is 0.173. The van der Waals surface area contributed by atoms with Gasteiger partial charge in [-0.25, -0.2) is 4.39 Å². The lowest BCUT2D eigenvalue weighted by Crippen LogP contribution is -2.29. The number of benzene rings is 1. The van der Waals surface area contributed by atoms with Gasteiger partial charge < -0.3 is 20.6 Å². The van der Waals surface area contributed by atoms with Crippen LogP contribution < -0.4 is 5.32 Å². The Morgan fingerprint density at radius 1 is 1.44 bits per heavy atom. The predicted molar refractivity (Wildman–Crippen MR) is 62.6 cm³/mol. The monoisotopic (exact) mass is 257 g/mol. The zero-order valence-corrected chi connectivity index (χ0v) is 9.93. The quantitative estimate of drug-likeness (QED) is 0.579. The van der Waals surface area contributed by atoms with Gasteiger partial charge in [0.05, 0.1) is 12.5 Å². The van der Waals surface area contributed by atoms with Crippen LogP contribution in [0.1, 0.15) is 17.2 Å². The minimum atomic E-state index is -1.19. The number of aliphatic carboxylic acids is 1. The van der Waals surface area contributed by atoms with E-state index >= 15 is 0 Å². The van der Waals surface area contributed by atoms with Gasteiger partial charge in [-0.2, -0.15) is 0 Å². The van der Waals surface area contributed by atoms with Crippen LogP contribution in [0.25, 0.3) is 0 Å². The molecule has 0 saturated heterocycles. The van der Waals surface area contributed by atoms with Crippen LogP contribution in [0.5, 0.6) is 0 Å². The average molecular weight is 257 g/mol. The summed E-state index contributed by atoms with van der Waals surface area (Å²) in [7, 11) is 1.62. The van der Waals surface area contributed by atoms with Crippen molar-refractivity contribution < 1.29 is 24.5 Å². The van der Waals surface area contributed by atoms with Crippen LogP contribution >= 0.6 is 0 Å². The van der Waals surface area contributed by atoms with Crippen molar-refractivity contribution in [1.82, 2.24) is 5.32 Å². The average Bonchev–Trinajstić information content (AvgIpc) is 2.31. The minimum Gasteiger partial charge on any atom is -0.481 e. The molecule has 2 atom stereocenters. The summed E-state index contributed by atoms with van der Waals surface area (Å²) in [6, 6.07) is 3.67. The molecule has 0 heterocycles. The molecule has 1 rings (SSSR count). The highest BCUT2D eigenvalue weighted by atomic mass is 19.1. The number of aliphatic hydroxyl groups excluding tert-OH is 2. The number of rotatable bonds is 6. The Hall–Kier alpha value is -1.50. The maximum atomic E-state index is 13.3. The van der Waals surface area contributed by atoms with Gasteiger partial charge in [0.15, 0.2) is 0 Å². The predicted octanol–water partition coefficient (Wildman–Crippen LogP) is 0.0665. The SMILES string of the molecule is CNCC(O)C(O)c1ccc(F)c(CC(=O)O)c1. The van der Waals surface area contributed by atoms with Crippen molar-refractivity contribution in [2.75, 3.05) is 13.6 Å². The van der Waals surface area contributed by atoms with E-state index in [-0.39, 0.29) is 17.7 Å². The van der Waals surface area contributed by atoms with Crippen molar-refractivity contribution in [3.8, 4) is 0 Å². The first-order chi connectivity index (χ1) is 8.45. The van der Waals surface area contributed by atoms with Crippen molar-refractivity contribution in [1.29, 1.82) is 0 Å². The molecule has 0 fully saturated rings. The second-order valence-electron chi connectivity index (χ2n) is 3.99. The summed E-state index contributed by atoms with van der Waals surface area (Å²) < 4.78 is 13.3. The molecule has 0 saturated carbocycles. The normalized spacial score (nSPS) is 14.2. The van der Waals surface area contributed by atoms with Crippen molar-refractivity contribution >= 4 is 5.97 Å². The molecule has 100 valence electrons. The standard InChI is InChI=1S/C12H16FNO4/c1-14-6-10(15)12(18)7-2-3-9(13)8(4-7)5-11(16)17/h2-4,10,12,14-15,18H,5-6H2,1H3,(H,16,17). The van der Waals surface area contributed by atoms with Gasteiger partial charge in [0.1, 0.15) is 11.9 Å². The number of likely N-dealkylation sites (N-methyl/N-ethyl adjacent to an activating group) is 1. The smallest absolute Gasteiger partial charge is 0.307 e. The van der Waals surface area contributed by atoms with Gasteiger partial charge in [0.25, 0.3) is 0 Å². The summed E-state index contributed by atoms with van der Waals surface area (Å²) in [5.41, 5.74) is 0.270. The second-order valence-corrected chi connectivity index (χ2v) is 3.99. The van der Waals surface area contributed by atoms with Gasteiger partial charge in [-0.15, -0.1) is 0 Å². The van der Waals surface area contributed by atoms with Crippen LogP contribution in [0, 0.1) is 5.82 Å². The highest BCUT2D eigenvalue weighted by Gasteiger charge is 2.19. The molecule has 18 heavy (non-hydrogen) atoms. The van der Waals surface area contributed by atoms with Crippen molar-refractivity contribution in [2.24, 2.45) is 0 Å². The Kier molecular flexibility index (Phi) is 5.21. The maximum absolute atomic E-state index is 13.3. The second kappa shape index (κ2) is 6.44. The molecule has 0 amide bonds. The number of carboxylic acid groups (broad SMARTS) is 1. The zero-order chi connectivity index (χ0) is 13.7. The molecule has 0 aliphatic carbocycles. The lowest BCUT2D eigenvalue weighted by molar-refractivity contribution is -0.136. The van der Waals surface area contributed by atoms with Gasteiger partial charge in [-0.3, -0.25) is 4.79 Å². The molecule has 5 nitrogen and oxygen atoms in total. The third kappa shape index (κ3) is 3.76. The number of aliphatic hydroxyl groups is 2. The Morgan fingerprint density at radius 2 is 2.11 bits per heavy atom. The topological polar surface area (TPSA) is 89.8 Å². The summed E-state index contributed by atoms with van der Waals surface area (Å²) >= 11 is 0. The van der Waals surface area contributed by atoms with Gasteiger partial charge in [0.2, 0.25) is 0 Å². The molecule has 1 aromatic rings. The summed E-state index contributed by atoms with van der Waals surface area (Å²) in [5.74, 6) is -1.80. The summed E-state index contributed by atoms with van der Waals surface area (Å²) in [6.07, 6.45) is -2.70. The molecule has 0 spiro atoms. The molecular formula is C12H16FNO4. The molecule has 6 heteroatoms. The Bertz CT molecular complexity index is 425. The van der Waals surface area contributed by atoms with Crippen molar-refractivity contribution in [2.45, 2.75) is 18.6 Å². The van der Waals surface area contributed by atoms with E-state index < -0.39 is 30.4 Å². The number of carbonyl (C=O) groups is 1. The number of carboxylic acids is 1. The highest BCUT2D eigenvalue weighted by Crippen LogP contribution is 2.20. The van der Waals surface area contributed by atoms with E-state index in [0.717, 1.165) is 6.07 Å². The Labute approximate surface area is 104 Å². The number of nitrogens with one attached hydrogen (secondary N) is 1. The van der Waals surface area contributed by atoms with E-state index in [1.54, 1.807) is 7.05 Å². The number of halogens is 1. The van der Waals surface area contributed by atoms with Crippen LogP contribution in [-0.2, 0) is 11.2 Å². The highest BCUT2D eigenvalue weighted by molar-refractivity contribution is 5.70. The first-order valence-electron chi connectivity index (χ1n) is 5.46. The molecule has 1 aromatic carbocycles. The van der Waals surface area contributed by atoms with Crippen molar-refractivity contribution in [3.63, 3.8) is 0 Å². The lowest BCUT2D eigenvalue weighted by Gasteiger charge is -2.18. The fourth-order valence-electron chi connectivity index (χ4n) is 1.62. The zero-order valence-electron chi connectivity index (χ0n) is 9.93. The fourth-order valence-corrected chi connectivity index (χ4v) is 1.62. The van der Waals surface area contributed by atoms with E-state index in [9.17, 15) is 19.4 Å². The maximum Gasteiger partial charge on any atom is 0.307 e. The molecule has 0 bridgehead atoms. The van der Waals surface area contributed by atoms with Crippen LogP contribution in [-0.4, -0.2) is 41.0 Å². The van der Waals surface area contributed by atoms with Crippen molar-refractivity contribution in [3.05, 3.63) is 35.1 Å². The van der Waals surface area contributed by atoms with E-state index in [1.807, 2.05) is 0 Å². The first-order valence-corrected chi connectivity index (χ1v) is 5.46. The van der Waals surface area contributed by atoms with Gasteiger partial charge >= 0.3 is 5.97 Å². The Balaban J connectivity index is 2.93. The number of hydrogen-bond donors (Lipinski definition) is 4. The summed E-state index contributed by atoms with van der Waals surface area (Å²) in [5, 5.41) is 30.7. The third-order valence-electron chi connectivity index (χ3n) is 2.53. The lowest BCUT2D eigenvalue weighted by atomic mass is 10.00.